The van der Waals surface area contributed by atoms with Gasteiger partial charge in [0, 0.05) is 6.54 Å². The molecule has 0 aliphatic carbocycles. The van der Waals surface area contributed by atoms with Crippen LogP contribution in [0.5, 0.6) is 5.75 Å². The molecule has 0 spiro atoms. The van der Waals surface area contributed by atoms with E-state index in [2.05, 4.69) is 5.32 Å². The lowest BCUT2D eigenvalue weighted by molar-refractivity contribution is -0.145. The molecule has 1 atom stereocenters. The smallest absolute Gasteiger partial charge is 0.322 e. The lowest BCUT2D eigenvalue weighted by atomic mass is 10.2. The third-order valence-electron chi connectivity index (χ3n) is 2.41. The fraction of sp³-hybridized carbons (Fsp3) is 0.462. The molecule has 0 aliphatic heterocycles. The predicted molar refractivity (Wildman–Crippen MR) is 65.9 cm³/mol. The molecule has 0 aliphatic rings. The zero-order valence-electron chi connectivity index (χ0n) is 10.5. The summed E-state index contributed by atoms with van der Waals surface area (Å²) < 4.78 is 9.98. The molecule has 0 saturated carbocycles. The molecular formula is C13H19NO3. The van der Waals surface area contributed by atoms with Gasteiger partial charge in [0.2, 0.25) is 0 Å². The number of carbonyl (C=O) groups excluding carboxylic acids is 1. The van der Waals surface area contributed by atoms with Crippen molar-refractivity contribution in [2.45, 2.75) is 26.4 Å². The Morgan fingerprint density at radius 3 is 2.53 bits per heavy atom. The van der Waals surface area contributed by atoms with E-state index in [1.54, 1.807) is 21.0 Å². The Balaban J connectivity index is 2.41. The zero-order valence-corrected chi connectivity index (χ0v) is 10.5. The molecule has 4 nitrogen and oxygen atoms in total. The molecule has 1 aromatic rings. The predicted octanol–water partition coefficient (Wildman–Crippen LogP) is 1.74. The van der Waals surface area contributed by atoms with Crippen LogP contribution < -0.4 is 10.1 Å². The van der Waals surface area contributed by atoms with Crippen molar-refractivity contribution >= 4 is 5.97 Å². The van der Waals surface area contributed by atoms with E-state index in [1.807, 2.05) is 24.3 Å². The first-order valence-corrected chi connectivity index (χ1v) is 5.70. The summed E-state index contributed by atoms with van der Waals surface area (Å²) in [6, 6.07) is 7.42. The molecule has 1 aromatic carbocycles. The van der Waals surface area contributed by atoms with Crippen molar-refractivity contribution in [3.05, 3.63) is 29.8 Å². The van der Waals surface area contributed by atoms with Crippen LogP contribution in [0.2, 0.25) is 0 Å². The highest BCUT2D eigenvalue weighted by Gasteiger charge is 2.12. The normalized spacial score (nSPS) is 11.9. The lowest BCUT2D eigenvalue weighted by Crippen LogP contribution is -2.34. The Labute approximate surface area is 102 Å². The average molecular weight is 237 g/mol. The number of nitrogens with one attached hydrogen (secondary N) is 1. The molecule has 94 valence electrons. The molecule has 0 bridgehead atoms. The quantitative estimate of drug-likeness (QED) is 0.765. The van der Waals surface area contributed by atoms with Crippen LogP contribution in [0.4, 0.5) is 0 Å². The Kier molecular flexibility index (Phi) is 5.49. The van der Waals surface area contributed by atoms with Gasteiger partial charge in [-0.25, -0.2) is 0 Å². The molecule has 17 heavy (non-hydrogen) atoms. The SMILES string of the molecule is CCOC(=O)[C@@H](C)NCc1ccc(OC)cc1. The summed E-state index contributed by atoms with van der Waals surface area (Å²) in [5.41, 5.74) is 1.10. The number of hydrogen-bond donors (Lipinski definition) is 1. The Bertz CT molecular complexity index is 348. The summed E-state index contributed by atoms with van der Waals surface area (Å²) in [5, 5.41) is 3.11. The molecule has 1 rings (SSSR count). The van der Waals surface area contributed by atoms with E-state index < -0.39 is 0 Å². The fourth-order valence-electron chi connectivity index (χ4n) is 1.36. The zero-order chi connectivity index (χ0) is 12.7. The first-order chi connectivity index (χ1) is 8.17. The summed E-state index contributed by atoms with van der Waals surface area (Å²) in [7, 11) is 1.64. The van der Waals surface area contributed by atoms with E-state index in [0.717, 1.165) is 11.3 Å². The van der Waals surface area contributed by atoms with Gasteiger partial charge in [-0.15, -0.1) is 0 Å². The molecule has 0 amide bonds. The van der Waals surface area contributed by atoms with Gasteiger partial charge in [0.25, 0.3) is 0 Å². The van der Waals surface area contributed by atoms with Crippen LogP contribution in [0.3, 0.4) is 0 Å². The summed E-state index contributed by atoms with van der Waals surface area (Å²) in [6.07, 6.45) is 0. The monoisotopic (exact) mass is 237 g/mol. The van der Waals surface area contributed by atoms with E-state index in [1.165, 1.54) is 0 Å². The molecule has 0 aromatic heterocycles. The van der Waals surface area contributed by atoms with E-state index in [4.69, 9.17) is 9.47 Å². The molecule has 0 radical (unpaired) electrons. The number of benzene rings is 1. The van der Waals surface area contributed by atoms with Crippen molar-refractivity contribution < 1.29 is 14.3 Å². The van der Waals surface area contributed by atoms with E-state index >= 15 is 0 Å². The summed E-state index contributed by atoms with van der Waals surface area (Å²) in [6.45, 7) is 4.63. The van der Waals surface area contributed by atoms with Crippen molar-refractivity contribution in [3.63, 3.8) is 0 Å². The van der Waals surface area contributed by atoms with Crippen LogP contribution in [0.25, 0.3) is 0 Å². The number of esters is 1. The van der Waals surface area contributed by atoms with E-state index in [0.29, 0.717) is 13.2 Å². The number of carbonyl (C=O) groups is 1. The second-order valence-electron chi connectivity index (χ2n) is 3.70. The highest BCUT2D eigenvalue weighted by atomic mass is 16.5. The minimum absolute atomic E-state index is 0.221. The largest absolute Gasteiger partial charge is 0.497 e. The maximum atomic E-state index is 11.4. The maximum absolute atomic E-state index is 11.4. The number of methoxy groups -OCH3 is 1. The first-order valence-electron chi connectivity index (χ1n) is 5.70. The first kappa shape index (κ1) is 13.5. The fourth-order valence-corrected chi connectivity index (χ4v) is 1.36. The van der Waals surface area contributed by atoms with Gasteiger partial charge in [-0.3, -0.25) is 4.79 Å². The molecular weight excluding hydrogens is 218 g/mol. The standard InChI is InChI=1S/C13H19NO3/c1-4-17-13(15)10(2)14-9-11-5-7-12(16-3)8-6-11/h5-8,10,14H,4,9H2,1-3H3/t10-/m1/s1. The summed E-state index contributed by atoms with van der Waals surface area (Å²) >= 11 is 0. The number of rotatable bonds is 6. The van der Waals surface area contributed by atoms with E-state index in [9.17, 15) is 4.79 Å². The van der Waals surface area contributed by atoms with Crippen LogP contribution in [0.1, 0.15) is 19.4 Å². The minimum atomic E-state index is -0.294. The molecule has 1 N–H and O–H groups in total. The van der Waals surface area contributed by atoms with Gasteiger partial charge in [0.15, 0.2) is 0 Å². The second kappa shape index (κ2) is 6.91. The summed E-state index contributed by atoms with van der Waals surface area (Å²) in [4.78, 5) is 11.4. The topological polar surface area (TPSA) is 47.6 Å². The number of ether oxygens (including phenoxy) is 2. The van der Waals surface area contributed by atoms with Gasteiger partial charge in [0.1, 0.15) is 11.8 Å². The lowest BCUT2D eigenvalue weighted by Gasteiger charge is -2.12. The van der Waals surface area contributed by atoms with Crippen molar-refractivity contribution in [1.29, 1.82) is 0 Å². The molecule has 0 heterocycles. The Morgan fingerprint density at radius 1 is 1.35 bits per heavy atom. The number of hydrogen-bond acceptors (Lipinski definition) is 4. The third-order valence-corrected chi connectivity index (χ3v) is 2.41. The Hall–Kier alpha value is -1.55. The van der Waals surface area contributed by atoms with Gasteiger partial charge < -0.3 is 14.8 Å². The van der Waals surface area contributed by atoms with Gasteiger partial charge in [-0.05, 0) is 31.5 Å². The third kappa shape index (κ3) is 4.44. The molecule has 0 fully saturated rings. The van der Waals surface area contributed by atoms with Crippen LogP contribution >= 0.6 is 0 Å². The maximum Gasteiger partial charge on any atom is 0.322 e. The van der Waals surface area contributed by atoms with Crippen molar-refractivity contribution in [2.24, 2.45) is 0 Å². The van der Waals surface area contributed by atoms with Crippen LogP contribution in [-0.4, -0.2) is 25.7 Å². The Morgan fingerprint density at radius 2 is 2.00 bits per heavy atom. The van der Waals surface area contributed by atoms with Crippen molar-refractivity contribution in [2.75, 3.05) is 13.7 Å². The van der Waals surface area contributed by atoms with Gasteiger partial charge >= 0.3 is 5.97 Å². The summed E-state index contributed by atoms with van der Waals surface area (Å²) in [5.74, 6) is 0.605. The van der Waals surface area contributed by atoms with E-state index in [-0.39, 0.29) is 12.0 Å². The molecule has 0 unspecified atom stereocenters. The van der Waals surface area contributed by atoms with Crippen molar-refractivity contribution in [1.82, 2.24) is 5.32 Å². The van der Waals surface area contributed by atoms with Crippen LogP contribution in [0, 0.1) is 0 Å². The van der Waals surface area contributed by atoms with Gasteiger partial charge in [-0.1, -0.05) is 12.1 Å². The molecule has 4 heteroatoms. The molecule has 0 saturated heterocycles. The minimum Gasteiger partial charge on any atom is -0.497 e. The van der Waals surface area contributed by atoms with Gasteiger partial charge in [0.05, 0.1) is 13.7 Å². The second-order valence-corrected chi connectivity index (χ2v) is 3.70. The van der Waals surface area contributed by atoms with Crippen LogP contribution in [-0.2, 0) is 16.1 Å². The van der Waals surface area contributed by atoms with Gasteiger partial charge in [-0.2, -0.15) is 0 Å². The van der Waals surface area contributed by atoms with Crippen molar-refractivity contribution in [3.8, 4) is 5.75 Å². The highest BCUT2D eigenvalue weighted by molar-refractivity contribution is 5.75. The van der Waals surface area contributed by atoms with Crippen LogP contribution in [0.15, 0.2) is 24.3 Å². The average Bonchev–Trinajstić information content (AvgIpc) is 2.36. The highest BCUT2D eigenvalue weighted by Crippen LogP contribution is 2.11.